The smallest absolute Gasteiger partial charge is 0.155 e. The van der Waals surface area contributed by atoms with E-state index in [1.165, 1.54) is 12.8 Å². The van der Waals surface area contributed by atoms with E-state index < -0.39 is 0 Å². The van der Waals surface area contributed by atoms with Crippen molar-refractivity contribution in [1.29, 1.82) is 0 Å². The van der Waals surface area contributed by atoms with Crippen molar-refractivity contribution >= 4 is 11.6 Å². The Labute approximate surface area is 129 Å². The van der Waals surface area contributed by atoms with Gasteiger partial charge in [-0.3, -0.25) is 0 Å². The van der Waals surface area contributed by atoms with E-state index in [-0.39, 0.29) is 6.10 Å². The Morgan fingerprint density at radius 1 is 1.43 bits per heavy atom. The third-order valence-corrected chi connectivity index (χ3v) is 4.03. The van der Waals surface area contributed by atoms with Crippen LogP contribution in [-0.2, 0) is 13.0 Å². The quantitative estimate of drug-likeness (QED) is 0.892. The minimum Gasteiger partial charge on any atom is -0.391 e. The summed E-state index contributed by atoms with van der Waals surface area (Å²) in [6.45, 7) is 2.51. The number of halogens is 1. The molecule has 5 heteroatoms. The first-order valence-electron chi connectivity index (χ1n) is 7.52. The van der Waals surface area contributed by atoms with E-state index in [0.717, 1.165) is 28.7 Å². The van der Waals surface area contributed by atoms with E-state index in [1.807, 2.05) is 35.9 Å². The van der Waals surface area contributed by atoms with Crippen molar-refractivity contribution in [2.45, 2.75) is 51.2 Å². The average Bonchev–Trinajstić information content (AvgIpc) is 3.22. The van der Waals surface area contributed by atoms with E-state index in [2.05, 4.69) is 10.1 Å². The van der Waals surface area contributed by atoms with Gasteiger partial charge in [-0.2, -0.15) is 5.10 Å². The standard InChI is InChI=1S/C16H20ClN3O/c1-2-14(21)10-20-16(12-6-7-12)18-15(19-20)9-11-4-3-5-13(17)8-11/h3-5,8,12,14,21H,2,6-7,9-10H2,1H3/t14-/m1/s1. The normalized spacial score (nSPS) is 16.1. The molecule has 1 aromatic carbocycles. The van der Waals surface area contributed by atoms with Crippen molar-refractivity contribution in [2.75, 3.05) is 0 Å². The molecule has 1 fully saturated rings. The largest absolute Gasteiger partial charge is 0.391 e. The van der Waals surface area contributed by atoms with E-state index >= 15 is 0 Å². The van der Waals surface area contributed by atoms with Crippen molar-refractivity contribution < 1.29 is 5.11 Å². The number of aromatic nitrogens is 3. The van der Waals surface area contributed by atoms with Gasteiger partial charge in [-0.25, -0.2) is 9.67 Å². The van der Waals surface area contributed by atoms with Crippen LogP contribution in [-0.4, -0.2) is 26.0 Å². The maximum Gasteiger partial charge on any atom is 0.155 e. The summed E-state index contributed by atoms with van der Waals surface area (Å²) in [5, 5.41) is 15.2. The lowest BCUT2D eigenvalue weighted by atomic mass is 10.1. The van der Waals surface area contributed by atoms with Gasteiger partial charge in [0.15, 0.2) is 5.82 Å². The lowest BCUT2D eigenvalue weighted by Crippen LogP contribution is -2.17. The summed E-state index contributed by atoms with van der Waals surface area (Å²) in [6.07, 6.45) is 3.40. The highest BCUT2D eigenvalue weighted by atomic mass is 35.5. The summed E-state index contributed by atoms with van der Waals surface area (Å²) in [5.74, 6) is 2.36. The van der Waals surface area contributed by atoms with Gasteiger partial charge >= 0.3 is 0 Å². The van der Waals surface area contributed by atoms with Gasteiger partial charge < -0.3 is 5.11 Å². The molecule has 1 heterocycles. The molecule has 3 rings (SSSR count). The van der Waals surface area contributed by atoms with E-state index in [0.29, 0.717) is 18.9 Å². The fraction of sp³-hybridized carbons (Fsp3) is 0.500. The van der Waals surface area contributed by atoms with Crippen LogP contribution >= 0.6 is 11.6 Å². The monoisotopic (exact) mass is 305 g/mol. The third kappa shape index (κ3) is 3.63. The van der Waals surface area contributed by atoms with Crippen LogP contribution in [0.25, 0.3) is 0 Å². The summed E-state index contributed by atoms with van der Waals surface area (Å²) in [5.41, 5.74) is 1.11. The maximum atomic E-state index is 9.87. The molecule has 0 amide bonds. The van der Waals surface area contributed by atoms with Crippen LogP contribution in [0.3, 0.4) is 0 Å². The summed E-state index contributed by atoms with van der Waals surface area (Å²) in [6, 6.07) is 7.78. The molecule has 0 unspecified atom stereocenters. The van der Waals surface area contributed by atoms with Crippen LogP contribution in [0.2, 0.25) is 5.02 Å². The Kier molecular flexibility index (Phi) is 4.27. The maximum absolute atomic E-state index is 9.87. The van der Waals surface area contributed by atoms with Crippen molar-refractivity contribution in [3.05, 3.63) is 46.5 Å². The molecule has 1 atom stereocenters. The number of nitrogens with zero attached hydrogens (tertiary/aromatic N) is 3. The zero-order chi connectivity index (χ0) is 14.8. The fourth-order valence-corrected chi connectivity index (χ4v) is 2.63. The summed E-state index contributed by atoms with van der Waals surface area (Å²) >= 11 is 6.02. The lowest BCUT2D eigenvalue weighted by Gasteiger charge is -2.09. The van der Waals surface area contributed by atoms with Crippen LogP contribution in [0.15, 0.2) is 24.3 Å². The minimum atomic E-state index is -0.358. The number of rotatable bonds is 6. The van der Waals surface area contributed by atoms with Gasteiger partial charge in [0.05, 0.1) is 12.6 Å². The minimum absolute atomic E-state index is 0.358. The number of benzene rings is 1. The molecule has 1 saturated carbocycles. The van der Waals surface area contributed by atoms with Gasteiger partial charge in [-0.05, 0) is 37.0 Å². The molecule has 0 saturated heterocycles. The van der Waals surface area contributed by atoms with Gasteiger partial charge in [0, 0.05) is 17.4 Å². The zero-order valence-electron chi connectivity index (χ0n) is 12.2. The number of hydrogen-bond donors (Lipinski definition) is 1. The van der Waals surface area contributed by atoms with Crippen LogP contribution in [0.5, 0.6) is 0 Å². The van der Waals surface area contributed by atoms with E-state index in [9.17, 15) is 5.11 Å². The first-order valence-corrected chi connectivity index (χ1v) is 7.89. The number of aliphatic hydroxyl groups is 1. The van der Waals surface area contributed by atoms with Crippen molar-refractivity contribution in [3.8, 4) is 0 Å². The number of hydrogen-bond acceptors (Lipinski definition) is 3. The molecule has 1 N–H and O–H groups in total. The molecule has 21 heavy (non-hydrogen) atoms. The van der Waals surface area contributed by atoms with E-state index in [1.54, 1.807) is 0 Å². The summed E-state index contributed by atoms with van der Waals surface area (Å²) in [7, 11) is 0. The lowest BCUT2D eigenvalue weighted by molar-refractivity contribution is 0.143. The Balaban J connectivity index is 1.81. The predicted octanol–water partition coefficient (Wildman–Crippen LogP) is 3.17. The van der Waals surface area contributed by atoms with Crippen LogP contribution in [0, 0.1) is 0 Å². The molecule has 0 bridgehead atoms. The average molecular weight is 306 g/mol. The first-order chi connectivity index (χ1) is 10.2. The van der Waals surface area contributed by atoms with Crippen LogP contribution in [0.1, 0.15) is 49.3 Å². The second kappa shape index (κ2) is 6.16. The van der Waals surface area contributed by atoms with Gasteiger partial charge in [-0.15, -0.1) is 0 Å². The van der Waals surface area contributed by atoms with Crippen molar-refractivity contribution in [2.24, 2.45) is 0 Å². The molecule has 1 aliphatic carbocycles. The van der Waals surface area contributed by atoms with Crippen LogP contribution in [0.4, 0.5) is 0 Å². The number of aliphatic hydroxyl groups excluding tert-OH is 1. The van der Waals surface area contributed by atoms with Gasteiger partial charge in [0.25, 0.3) is 0 Å². The van der Waals surface area contributed by atoms with E-state index in [4.69, 9.17) is 11.6 Å². The SMILES string of the molecule is CC[C@@H](O)Cn1nc(Cc2cccc(Cl)c2)nc1C1CC1. The van der Waals surface area contributed by atoms with Gasteiger partial charge in [-0.1, -0.05) is 30.7 Å². The Morgan fingerprint density at radius 2 is 2.24 bits per heavy atom. The molecule has 0 spiro atoms. The Morgan fingerprint density at radius 3 is 2.90 bits per heavy atom. The fourth-order valence-electron chi connectivity index (χ4n) is 2.41. The summed E-state index contributed by atoms with van der Waals surface area (Å²) < 4.78 is 1.89. The predicted molar refractivity (Wildman–Crippen MR) is 82.6 cm³/mol. The Hall–Kier alpha value is -1.39. The second-order valence-electron chi connectivity index (χ2n) is 5.71. The molecule has 0 aliphatic heterocycles. The topological polar surface area (TPSA) is 50.9 Å². The zero-order valence-corrected chi connectivity index (χ0v) is 12.9. The van der Waals surface area contributed by atoms with Crippen LogP contribution < -0.4 is 0 Å². The summed E-state index contributed by atoms with van der Waals surface area (Å²) in [4.78, 5) is 4.68. The highest BCUT2D eigenvalue weighted by Gasteiger charge is 2.30. The molecule has 2 aromatic rings. The molecule has 112 valence electrons. The highest BCUT2D eigenvalue weighted by Crippen LogP contribution is 2.39. The molecule has 0 radical (unpaired) electrons. The molecule has 4 nitrogen and oxygen atoms in total. The van der Waals surface area contributed by atoms with Crippen molar-refractivity contribution in [1.82, 2.24) is 14.8 Å². The molecule has 1 aliphatic rings. The second-order valence-corrected chi connectivity index (χ2v) is 6.15. The van der Waals surface area contributed by atoms with Gasteiger partial charge in [0.1, 0.15) is 5.82 Å². The Bertz CT molecular complexity index is 622. The molecular formula is C16H20ClN3O. The van der Waals surface area contributed by atoms with Crippen molar-refractivity contribution in [3.63, 3.8) is 0 Å². The highest BCUT2D eigenvalue weighted by molar-refractivity contribution is 6.30. The molecule has 1 aromatic heterocycles. The first kappa shape index (κ1) is 14.5. The van der Waals surface area contributed by atoms with Gasteiger partial charge in [0.2, 0.25) is 0 Å². The molecular weight excluding hydrogens is 286 g/mol. The third-order valence-electron chi connectivity index (χ3n) is 3.79.